The monoisotopic (exact) mass is 408 g/mol. The summed E-state index contributed by atoms with van der Waals surface area (Å²) in [6.07, 6.45) is -5.21. The van der Waals surface area contributed by atoms with Crippen LogP contribution in [-0.4, -0.2) is 54.9 Å². The van der Waals surface area contributed by atoms with Crippen molar-refractivity contribution in [3.05, 3.63) is 35.9 Å². The van der Waals surface area contributed by atoms with Crippen LogP contribution in [0.2, 0.25) is 0 Å². The number of benzene rings is 1. The van der Waals surface area contributed by atoms with Gasteiger partial charge in [0.1, 0.15) is 18.8 Å². The molecule has 1 heterocycles. The van der Waals surface area contributed by atoms with E-state index in [1.165, 1.54) is 27.7 Å². The molecule has 9 heteroatoms. The van der Waals surface area contributed by atoms with Gasteiger partial charge < -0.3 is 23.7 Å². The number of ether oxygens (including phenoxy) is 5. The summed E-state index contributed by atoms with van der Waals surface area (Å²) in [5.74, 6) is -2.51. The third kappa shape index (κ3) is 6.28. The molecule has 0 amide bonds. The van der Waals surface area contributed by atoms with Crippen molar-refractivity contribution in [3.63, 3.8) is 0 Å². The van der Waals surface area contributed by atoms with Crippen LogP contribution in [0.3, 0.4) is 0 Å². The second-order valence-corrected chi connectivity index (χ2v) is 6.53. The molecule has 0 aliphatic carbocycles. The molecule has 0 unspecified atom stereocenters. The molecule has 0 radical (unpaired) electrons. The van der Waals surface area contributed by atoms with Crippen molar-refractivity contribution in [2.24, 2.45) is 0 Å². The molecule has 158 valence electrons. The molecule has 0 bridgehead atoms. The first-order valence-electron chi connectivity index (χ1n) is 9.04. The summed E-state index contributed by atoms with van der Waals surface area (Å²) in [7, 11) is 0. The Morgan fingerprint density at radius 1 is 0.759 bits per heavy atom. The molecule has 1 fully saturated rings. The molecule has 5 atom stereocenters. The lowest BCUT2D eigenvalue weighted by Gasteiger charge is -2.44. The van der Waals surface area contributed by atoms with Crippen molar-refractivity contribution in [1.82, 2.24) is 0 Å². The number of esters is 4. The van der Waals surface area contributed by atoms with Crippen LogP contribution in [0.1, 0.15) is 39.4 Å². The Labute approximate surface area is 168 Å². The average molecular weight is 408 g/mol. The molecule has 29 heavy (non-hydrogen) atoms. The normalized spacial score (nSPS) is 26.1. The lowest BCUT2D eigenvalue weighted by Crippen LogP contribution is -2.59. The smallest absolute Gasteiger partial charge is 0.303 e. The van der Waals surface area contributed by atoms with E-state index in [0.717, 1.165) is 0 Å². The van der Waals surface area contributed by atoms with Gasteiger partial charge in [0.05, 0.1) is 0 Å². The number of rotatable bonds is 6. The van der Waals surface area contributed by atoms with Crippen molar-refractivity contribution in [2.45, 2.75) is 58.2 Å². The highest BCUT2D eigenvalue weighted by atomic mass is 16.7. The molecular weight excluding hydrogens is 384 g/mol. The predicted molar refractivity (Wildman–Crippen MR) is 97.4 cm³/mol. The van der Waals surface area contributed by atoms with Crippen molar-refractivity contribution < 1.29 is 42.9 Å². The maximum absolute atomic E-state index is 11.8. The van der Waals surface area contributed by atoms with E-state index in [4.69, 9.17) is 23.7 Å². The van der Waals surface area contributed by atoms with Gasteiger partial charge in [0.2, 0.25) is 0 Å². The van der Waals surface area contributed by atoms with Gasteiger partial charge in [-0.25, -0.2) is 0 Å². The second-order valence-electron chi connectivity index (χ2n) is 6.53. The molecule has 1 aromatic rings. The maximum Gasteiger partial charge on any atom is 0.303 e. The Hall–Kier alpha value is -2.94. The molecule has 0 saturated carbocycles. The zero-order valence-corrected chi connectivity index (χ0v) is 16.7. The van der Waals surface area contributed by atoms with Crippen LogP contribution in [-0.2, 0) is 42.9 Å². The van der Waals surface area contributed by atoms with Gasteiger partial charge in [-0.15, -0.1) is 0 Å². The minimum atomic E-state index is -1.17. The topological polar surface area (TPSA) is 114 Å². The molecule has 2 rings (SSSR count). The first-order chi connectivity index (χ1) is 13.7. The third-order valence-electron chi connectivity index (χ3n) is 4.12. The summed E-state index contributed by atoms with van der Waals surface area (Å²) in [5.41, 5.74) is 0.644. The van der Waals surface area contributed by atoms with Gasteiger partial charge >= 0.3 is 23.9 Å². The number of hydrogen-bond acceptors (Lipinski definition) is 9. The Balaban J connectivity index is 2.49. The first-order valence-corrected chi connectivity index (χ1v) is 9.04. The van der Waals surface area contributed by atoms with Gasteiger partial charge in [0, 0.05) is 27.7 Å². The second kappa shape index (κ2) is 10.0. The van der Waals surface area contributed by atoms with E-state index in [0.29, 0.717) is 5.56 Å². The number of carbonyl (C=O) groups excluding carboxylic acids is 4. The SMILES string of the molecule is CC(=O)OC[C@@H]1O[C@@H](c2ccccc2)[C@@H](OC(C)=O)[C@@H](OC(C)=O)[C@H]1OC(C)=O. The Bertz CT molecular complexity index is 746. The van der Waals surface area contributed by atoms with E-state index in [-0.39, 0.29) is 6.61 Å². The molecule has 0 aromatic heterocycles. The van der Waals surface area contributed by atoms with Crippen molar-refractivity contribution in [2.75, 3.05) is 6.61 Å². The molecule has 9 nitrogen and oxygen atoms in total. The minimum absolute atomic E-state index is 0.249. The fraction of sp³-hybridized carbons (Fsp3) is 0.500. The van der Waals surface area contributed by atoms with Crippen LogP contribution in [0.25, 0.3) is 0 Å². The number of hydrogen-bond donors (Lipinski definition) is 0. The van der Waals surface area contributed by atoms with E-state index < -0.39 is 54.4 Å². The van der Waals surface area contributed by atoms with Gasteiger partial charge in [-0.2, -0.15) is 0 Å². The maximum atomic E-state index is 11.8. The van der Waals surface area contributed by atoms with E-state index in [1.54, 1.807) is 30.3 Å². The molecule has 1 saturated heterocycles. The average Bonchev–Trinajstić information content (AvgIpc) is 2.63. The van der Waals surface area contributed by atoms with Crippen molar-refractivity contribution in [3.8, 4) is 0 Å². The van der Waals surface area contributed by atoms with Crippen LogP contribution in [0, 0.1) is 0 Å². The highest BCUT2D eigenvalue weighted by Gasteiger charge is 2.52. The highest BCUT2D eigenvalue weighted by molar-refractivity contribution is 5.68. The lowest BCUT2D eigenvalue weighted by molar-refractivity contribution is -0.254. The van der Waals surface area contributed by atoms with Gasteiger partial charge in [-0.05, 0) is 5.56 Å². The van der Waals surface area contributed by atoms with Gasteiger partial charge in [-0.1, -0.05) is 30.3 Å². The molecule has 1 aromatic carbocycles. The van der Waals surface area contributed by atoms with Crippen LogP contribution >= 0.6 is 0 Å². The summed E-state index contributed by atoms with van der Waals surface area (Å²) in [5, 5.41) is 0. The fourth-order valence-electron chi connectivity index (χ4n) is 3.14. The molecule has 0 N–H and O–H groups in total. The molecular formula is C20H24O9. The summed E-state index contributed by atoms with van der Waals surface area (Å²) in [4.78, 5) is 46.5. The summed E-state index contributed by atoms with van der Waals surface area (Å²) >= 11 is 0. The summed E-state index contributed by atoms with van der Waals surface area (Å²) in [6, 6.07) is 8.84. The summed E-state index contributed by atoms with van der Waals surface area (Å²) in [6.45, 7) is 4.55. The third-order valence-corrected chi connectivity index (χ3v) is 4.12. The molecule has 1 aliphatic heterocycles. The zero-order chi connectivity index (χ0) is 21.6. The molecule has 1 aliphatic rings. The number of carbonyl (C=O) groups is 4. The van der Waals surface area contributed by atoms with Crippen LogP contribution in [0.5, 0.6) is 0 Å². The first kappa shape index (κ1) is 22.4. The Morgan fingerprint density at radius 3 is 1.79 bits per heavy atom. The minimum Gasteiger partial charge on any atom is -0.463 e. The van der Waals surface area contributed by atoms with Gasteiger partial charge in [0.25, 0.3) is 0 Å². The van der Waals surface area contributed by atoms with Gasteiger partial charge in [-0.3, -0.25) is 19.2 Å². The molecule has 0 spiro atoms. The van der Waals surface area contributed by atoms with Crippen molar-refractivity contribution >= 4 is 23.9 Å². The van der Waals surface area contributed by atoms with Gasteiger partial charge in [0.15, 0.2) is 18.3 Å². The Morgan fingerprint density at radius 2 is 1.28 bits per heavy atom. The zero-order valence-electron chi connectivity index (χ0n) is 16.7. The quantitative estimate of drug-likeness (QED) is 0.510. The van der Waals surface area contributed by atoms with E-state index in [1.807, 2.05) is 0 Å². The standard InChI is InChI=1S/C20H24O9/c1-11(21)25-10-16-18(26-12(2)22)20(28-14(4)24)19(27-13(3)23)17(29-16)15-8-6-5-7-9-15/h5-9,16-20H,10H2,1-4H3/t16-,17-,18-,19+,20-/m0/s1. The van der Waals surface area contributed by atoms with E-state index in [9.17, 15) is 19.2 Å². The van der Waals surface area contributed by atoms with Crippen LogP contribution < -0.4 is 0 Å². The lowest BCUT2D eigenvalue weighted by atomic mass is 9.90. The predicted octanol–water partition coefficient (Wildman–Crippen LogP) is 1.48. The largest absolute Gasteiger partial charge is 0.463 e. The Kier molecular flexibility index (Phi) is 7.72. The van der Waals surface area contributed by atoms with Crippen LogP contribution in [0.4, 0.5) is 0 Å². The highest BCUT2D eigenvalue weighted by Crippen LogP contribution is 2.37. The van der Waals surface area contributed by atoms with E-state index in [2.05, 4.69) is 0 Å². The van der Waals surface area contributed by atoms with Crippen LogP contribution in [0.15, 0.2) is 30.3 Å². The van der Waals surface area contributed by atoms with E-state index >= 15 is 0 Å². The van der Waals surface area contributed by atoms with Crippen molar-refractivity contribution in [1.29, 1.82) is 0 Å². The summed E-state index contributed by atoms with van der Waals surface area (Å²) < 4.78 is 27.2. The fourth-order valence-corrected chi connectivity index (χ4v) is 3.14.